The Morgan fingerprint density at radius 2 is 1.85 bits per heavy atom. The van der Waals surface area contributed by atoms with Gasteiger partial charge in [-0.1, -0.05) is 6.92 Å². The maximum Gasteiger partial charge on any atom is 0.200 e. The van der Waals surface area contributed by atoms with Gasteiger partial charge in [0.15, 0.2) is 11.5 Å². The summed E-state index contributed by atoms with van der Waals surface area (Å²) in [6, 6.07) is 2.48. The molecule has 1 rings (SSSR count). The van der Waals surface area contributed by atoms with E-state index in [4.69, 9.17) is 10.8 Å². The van der Waals surface area contributed by atoms with Gasteiger partial charge < -0.3 is 21.1 Å². The summed E-state index contributed by atoms with van der Waals surface area (Å²) in [4.78, 5) is 0. The van der Waals surface area contributed by atoms with Crippen LogP contribution in [0.5, 0.6) is 17.2 Å². The van der Waals surface area contributed by atoms with Crippen LogP contribution in [0.3, 0.4) is 0 Å². The molecule has 0 bridgehead atoms. The molecule has 0 radical (unpaired) electrons. The van der Waals surface area contributed by atoms with Crippen LogP contribution >= 0.6 is 0 Å². The van der Waals surface area contributed by atoms with Crippen LogP contribution in [0.1, 0.15) is 24.9 Å². The summed E-state index contributed by atoms with van der Waals surface area (Å²) in [6.07, 6.45) is 0.651. The van der Waals surface area contributed by atoms with E-state index in [1.807, 2.05) is 6.92 Å². The molecule has 72 valence electrons. The third kappa shape index (κ3) is 1.67. The van der Waals surface area contributed by atoms with Gasteiger partial charge in [-0.15, -0.1) is 0 Å². The second-order valence-corrected chi connectivity index (χ2v) is 2.89. The van der Waals surface area contributed by atoms with Crippen molar-refractivity contribution in [3.63, 3.8) is 0 Å². The first-order valence-electron chi connectivity index (χ1n) is 4.07. The Morgan fingerprint density at radius 1 is 1.23 bits per heavy atom. The van der Waals surface area contributed by atoms with E-state index < -0.39 is 5.75 Å². The lowest BCUT2D eigenvalue weighted by Gasteiger charge is -2.12. The third-order valence-electron chi connectivity index (χ3n) is 2.00. The summed E-state index contributed by atoms with van der Waals surface area (Å²) >= 11 is 0. The van der Waals surface area contributed by atoms with E-state index in [9.17, 15) is 10.2 Å². The third-order valence-corrected chi connectivity index (χ3v) is 2.00. The monoisotopic (exact) mass is 183 g/mol. The van der Waals surface area contributed by atoms with Gasteiger partial charge in [0.25, 0.3) is 0 Å². The molecule has 13 heavy (non-hydrogen) atoms. The number of nitrogens with two attached hydrogens (primary N) is 1. The molecule has 1 atom stereocenters. The van der Waals surface area contributed by atoms with E-state index in [1.165, 1.54) is 12.1 Å². The lowest BCUT2D eigenvalue weighted by atomic mass is 10.0. The summed E-state index contributed by atoms with van der Waals surface area (Å²) in [5.74, 6) is -1.19. The van der Waals surface area contributed by atoms with Crippen molar-refractivity contribution in [1.29, 1.82) is 0 Å². The lowest BCUT2D eigenvalue weighted by Crippen LogP contribution is -2.08. The van der Waals surface area contributed by atoms with Crippen LogP contribution in [0.25, 0.3) is 0 Å². The van der Waals surface area contributed by atoms with Gasteiger partial charge >= 0.3 is 0 Å². The van der Waals surface area contributed by atoms with Crippen molar-refractivity contribution in [2.75, 3.05) is 0 Å². The highest BCUT2D eigenvalue weighted by atomic mass is 16.3. The van der Waals surface area contributed by atoms with Crippen LogP contribution in [-0.4, -0.2) is 15.3 Å². The second kappa shape index (κ2) is 3.53. The molecule has 0 aliphatic heterocycles. The van der Waals surface area contributed by atoms with Gasteiger partial charge in [-0.2, -0.15) is 0 Å². The zero-order valence-corrected chi connectivity index (χ0v) is 7.36. The van der Waals surface area contributed by atoms with Crippen LogP contribution in [0.4, 0.5) is 0 Å². The second-order valence-electron chi connectivity index (χ2n) is 2.89. The standard InChI is InChI=1S/C9H13NO3/c1-2-6(10)5-3-4-7(11)9(13)8(5)12/h3-4,6,11-13H,2,10H2,1H3/t6-/m1/s1. The van der Waals surface area contributed by atoms with Gasteiger partial charge in [0.05, 0.1) is 0 Å². The van der Waals surface area contributed by atoms with Crippen molar-refractivity contribution in [3.05, 3.63) is 17.7 Å². The molecular weight excluding hydrogens is 170 g/mol. The Balaban J connectivity index is 3.18. The summed E-state index contributed by atoms with van der Waals surface area (Å²) in [5.41, 5.74) is 6.10. The zero-order chi connectivity index (χ0) is 10.0. The summed E-state index contributed by atoms with van der Waals surface area (Å²) in [7, 11) is 0. The fourth-order valence-corrected chi connectivity index (χ4v) is 1.10. The van der Waals surface area contributed by atoms with E-state index >= 15 is 0 Å². The number of rotatable bonds is 2. The molecule has 5 N–H and O–H groups in total. The molecule has 0 aliphatic rings. The average molecular weight is 183 g/mol. The fourth-order valence-electron chi connectivity index (χ4n) is 1.10. The van der Waals surface area contributed by atoms with Crippen LogP contribution in [-0.2, 0) is 0 Å². The minimum Gasteiger partial charge on any atom is -0.504 e. The molecule has 0 spiro atoms. The minimum absolute atomic E-state index is 0.327. The zero-order valence-electron chi connectivity index (χ0n) is 7.36. The molecule has 0 aliphatic carbocycles. The minimum atomic E-state index is -0.513. The Kier molecular flexibility index (Phi) is 2.63. The van der Waals surface area contributed by atoms with Gasteiger partial charge in [0.2, 0.25) is 5.75 Å². The van der Waals surface area contributed by atoms with Crippen molar-refractivity contribution < 1.29 is 15.3 Å². The number of hydrogen-bond acceptors (Lipinski definition) is 4. The summed E-state index contributed by atoms with van der Waals surface area (Å²) in [5, 5.41) is 27.6. The first kappa shape index (κ1) is 9.67. The topological polar surface area (TPSA) is 86.7 Å². The van der Waals surface area contributed by atoms with Gasteiger partial charge in [0, 0.05) is 11.6 Å². The summed E-state index contributed by atoms with van der Waals surface area (Å²) in [6.45, 7) is 1.87. The number of hydrogen-bond donors (Lipinski definition) is 4. The highest BCUT2D eigenvalue weighted by molar-refractivity contribution is 5.53. The quantitative estimate of drug-likeness (QED) is 0.519. The lowest BCUT2D eigenvalue weighted by molar-refractivity contribution is 0.362. The predicted molar refractivity (Wildman–Crippen MR) is 48.7 cm³/mol. The van der Waals surface area contributed by atoms with E-state index in [1.54, 1.807) is 0 Å². The van der Waals surface area contributed by atoms with Crippen molar-refractivity contribution in [3.8, 4) is 17.2 Å². The van der Waals surface area contributed by atoms with Crippen molar-refractivity contribution in [1.82, 2.24) is 0 Å². The highest BCUT2D eigenvalue weighted by Gasteiger charge is 2.14. The van der Waals surface area contributed by atoms with Gasteiger partial charge in [-0.3, -0.25) is 0 Å². The molecule has 0 unspecified atom stereocenters. The van der Waals surface area contributed by atoms with Crippen molar-refractivity contribution in [2.45, 2.75) is 19.4 Å². The van der Waals surface area contributed by atoms with Gasteiger partial charge in [-0.25, -0.2) is 0 Å². The van der Waals surface area contributed by atoms with Gasteiger partial charge in [0.1, 0.15) is 0 Å². The number of aromatic hydroxyl groups is 3. The molecular formula is C9H13NO3. The SMILES string of the molecule is CC[C@@H](N)c1ccc(O)c(O)c1O. The highest BCUT2D eigenvalue weighted by Crippen LogP contribution is 2.39. The number of phenols is 3. The first-order valence-corrected chi connectivity index (χ1v) is 4.07. The van der Waals surface area contributed by atoms with E-state index in [-0.39, 0.29) is 17.5 Å². The Morgan fingerprint density at radius 3 is 2.38 bits per heavy atom. The van der Waals surface area contributed by atoms with Crippen LogP contribution in [0.15, 0.2) is 12.1 Å². The Labute approximate surface area is 76.2 Å². The Hall–Kier alpha value is -1.42. The number of benzene rings is 1. The summed E-state index contributed by atoms with van der Waals surface area (Å²) < 4.78 is 0. The van der Waals surface area contributed by atoms with Gasteiger partial charge in [-0.05, 0) is 18.6 Å². The largest absolute Gasteiger partial charge is 0.504 e. The van der Waals surface area contributed by atoms with Crippen LogP contribution in [0, 0.1) is 0 Å². The molecule has 0 heterocycles. The van der Waals surface area contributed by atoms with Crippen molar-refractivity contribution >= 4 is 0 Å². The molecule has 4 heteroatoms. The fraction of sp³-hybridized carbons (Fsp3) is 0.333. The van der Waals surface area contributed by atoms with E-state index in [0.717, 1.165) is 0 Å². The van der Waals surface area contributed by atoms with Crippen LogP contribution < -0.4 is 5.73 Å². The molecule has 0 saturated heterocycles. The molecule has 0 saturated carbocycles. The van der Waals surface area contributed by atoms with E-state index in [0.29, 0.717) is 12.0 Å². The molecule has 1 aromatic rings. The normalized spacial score (nSPS) is 12.8. The Bertz CT molecular complexity index is 312. The maximum absolute atomic E-state index is 9.39. The maximum atomic E-state index is 9.39. The number of phenolic OH excluding ortho intramolecular Hbond substituents is 3. The predicted octanol–water partition coefficient (Wildman–Crippen LogP) is 1.21. The molecule has 4 nitrogen and oxygen atoms in total. The molecule has 1 aromatic carbocycles. The smallest absolute Gasteiger partial charge is 0.200 e. The van der Waals surface area contributed by atoms with Crippen LogP contribution in [0.2, 0.25) is 0 Å². The first-order chi connectivity index (χ1) is 6.07. The molecule has 0 aromatic heterocycles. The van der Waals surface area contributed by atoms with Crippen molar-refractivity contribution in [2.24, 2.45) is 5.73 Å². The molecule has 0 amide bonds. The average Bonchev–Trinajstić information content (AvgIpc) is 2.13. The van der Waals surface area contributed by atoms with E-state index in [2.05, 4.69) is 0 Å². The molecule has 0 fully saturated rings.